The van der Waals surface area contributed by atoms with Crippen molar-refractivity contribution in [3.63, 3.8) is 0 Å². The Kier molecular flexibility index (Phi) is 8.07. The van der Waals surface area contributed by atoms with Crippen LogP contribution in [-0.2, 0) is 21.2 Å². The van der Waals surface area contributed by atoms with Crippen molar-refractivity contribution >= 4 is 33.2 Å². The van der Waals surface area contributed by atoms with Crippen LogP contribution in [0.5, 0.6) is 0 Å². The molecule has 0 radical (unpaired) electrons. The number of hydrogen-bond acceptors (Lipinski definition) is 4. The molecule has 0 spiro atoms. The maximum atomic E-state index is 12.9. The van der Waals surface area contributed by atoms with Gasteiger partial charge in [0.15, 0.2) is 0 Å². The summed E-state index contributed by atoms with van der Waals surface area (Å²) >= 11 is 0. The Morgan fingerprint density at radius 1 is 0.912 bits per heavy atom. The van der Waals surface area contributed by atoms with E-state index in [0.717, 1.165) is 28.1 Å². The normalized spacial score (nSPS) is 12.0. The van der Waals surface area contributed by atoms with Crippen molar-refractivity contribution in [2.45, 2.75) is 26.3 Å². The molecule has 0 heterocycles. The maximum Gasteiger partial charge on any atom is 0.253 e. The Morgan fingerprint density at radius 2 is 1.53 bits per heavy atom. The number of nitrogens with zero attached hydrogens (tertiary/aromatic N) is 1. The Balaban J connectivity index is 1.75. The highest BCUT2D eigenvalue weighted by molar-refractivity contribution is 7.92. The average molecular weight is 480 g/mol. The van der Waals surface area contributed by atoms with E-state index in [-0.39, 0.29) is 17.5 Å². The lowest BCUT2D eigenvalue weighted by molar-refractivity contribution is -0.114. The minimum absolute atomic E-state index is 0.232. The highest BCUT2D eigenvalue weighted by Crippen LogP contribution is 2.21. The van der Waals surface area contributed by atoms with Gasteiger partial charge in [0.25, 0.3) is 5.91 Å². The van der Waals surface area contributed by atoms with Crippen LogP contribution in [-0.4, -0.2) is 33.0 Å². The van der Waals surface area contributed by atoms with Gasteiger partial charge in [-0.1, -0.05) is 61.5 Å². The second kappa shape index (κ2) is 11.0. The topological polar surface area (TPSA) is 95.6 Å². The lowest BCUT2D eigenvalue weighted by Gasteiger charge is -2.22. The molecule has 3 rings (SSSR count). The lowest BCUT2D eigenvalue weighted by atomic mass is 10.1. The smallest absolute Gasteiger partial charge is 0.253 e. The molecule has 0 saturated heterocycles. The highest BCUT2D eigenvalue weighted by Gasteiger charge is 2.22. The van der Waals surface area contributed by atoms with Crippen molar-refractivity contribution in [1.82, 2.24) is 5.32 Å². The van der Waals surface area contributed by atoms with Crippen LogP contribution in [0.3, 0.4) is 0 Å². The molecular weight excluding hydrogens is 450 g/mol. The van der Waals surface area contributed by atoms with E-state index in [9.17, 15) is 18.0 Å². The average Bonchev–Trinajstić information content (AvgIpc) is 2.82. The minimum Gasteiger partial charge on any atom is -0.345 e. The molecule has 7 nitrogen and oxygen atoms in total. The summed E-state index contributed by atoms with van der Waals surface area (Å²) in [4.78, 5) is 25.8. The van der Waals surface area contributed by atoms with E-state index in [1.54, 1.807) is 36.4 Å². The molecule has 0 aliphatic heterocycles. The van der Waals surface area contributed by atoms with E-state index < -0.39 is 22.5 Å². The van der Waals surface area contributed by atoms with Crippen molar-refractivity contribution < 1.29 is 18.0 Å². The number of anilines is 2. The van der Waals surface area contributed by atoms with Crippen molar-refractivity contribution in [2.24, 2.45) is 0 Å². The fourth-order valence-electron chi connectivity index (χ4n) is 3.51. The van der Waals surface area contributed by atoms with E-state index in [4.69, 9.17) is 0 Å². The summed E-state index contributed by atoms with van der Waals surface area (Å²) in [5, 5.41) is 5.62. The SMILES string of the molecule is CCc1ccc(N(CC(=O)Nc2ccccc2C(=O)N[C@@H](C)c2ccccc2)S(C)(=O)=O)cc1. The summed E-state index contributed by atoms with van der Waals surface area (Å²) in [6, 6.07) is 23.0. The van der Waals surface area contributed by atoms with E-state index in [1.165, 1.54) is 0 Å². The van der Waals surface area contributed by atoms with Crippen molar-refractivity contribution in [1.29, 1.82) is 0 Å². The van der Waals surface area contributed by atoms with Crippen molar-refractivity contribution in [3.05, 3.63) is 95.6 Å². The number of aryl methyl sites for hydroxylation is 1. The molecule has 1 atom stereocenters. The summed E-state index contributed by atoms with van der Waals surface area (Å²) in [6.45, 7) is 3.47. The quantitative estimate of drug-likeness (QED) is 0.482. The zero-order valence-electron chi connectivity index (χ0n) is 19.5. The molecule has 8 heteroatoms. The molecule has 0 aliphatic carbocycles. The van der Waals surface area contributed by atoms with E-state index in [0.29, 0.717) is 11.4 Å². The van der Waals surface area contributed by atoms with Gasteiger partial charge in [-0.05, 0) is 48.7 Å². The minimum atomic E-state index is -3.70. The Hall–Kier alpha value is -3.65. The Bertz CT molecular complexity index is 1240. The van der Waals surface area contributed by atoms with Crippen LogP contribution in [0.1, 0.15) is 41.4 Å². The molecule has 0 aliphatic rings. The van der Waals surface area contributed by atoms with Crippen LogP contribution in [0.25, 0.3) is 0 Å². The van der Waals surface area contributed by atoms with E-state index >= 15 is 0 Å². The van der Waals surface area contributed by atoms with Crippen LogP contribution in [0, 0.1) is 0 Å². The molecule has 34 heavy (non-hydrogen) atoms. The first kappa shape index (κ1) is 25.0. The van der Waals surface area contributed by atoms with Crippen LogP contribution in [0.2, 0.25) is 0 Å². The van der Waals surface area contributed by atoms with Crippen LogP contribution < -0.4 is 14.9 Å². The predicted octanol–water partition coefficient (Wildman–Crippen LogP) is 4.14. The number of hydrogen-bond donors (Lipinski definition) is 2. The van der Waals surface area contributed by atoms with Crippen molar-refractivity contribution in [3.8, 4) is 0 Å². The molecule has 0 fully saturated rings. The highest BCUT2D eigenvalue weighted by atomic mass is 32.2. The standard InChI is InChI=1S/C26H29N3O4S/c1-4-20-14-16-22(17-15-20)29(34(3,32)33)18-25(30)28-24-13-9-8-12-23(24)26(31)27-19(2)21-10-6-5-7-11-21/h5-17,19H,4,18H2,1-3H3,(H,27,31)(H,28,30)/t19-/m0/s1. The largest absolute Gasteiger partial charge is 0.345 e. The van der Waals surface area contributed by atoms with Gasteiger partial charge < -0.3 is 10.6 Å². The summed E-state index contributed by atoms with van der Waals surface area (Å²) in [7, 11) is -3.70. The summed E-state index contributed by atoms with van der Waals surface area (Å²) in [5.74, 6) is -0.899. The van der Waals surface area contributed by atoms with Crippen LogP contribution >= 0.6 is 0 Å². The van der Waals surface area contributed by atoms with Gasteiger partial charge in [-0.25, -0.2) is 8.42 Å². The Labute approximate surface area is 200 Å². The third-order valence-corrected chi connectivity index (χ3v) is 6.55. The van der Waals surface area contributed by atoms with Gasteiger partial charge in [-0.3, -0.25) is 13.9 Å². The Morgan fingerprint density at radius 3 is 2.15 bits per heavy atom. The third kappa shape index (κ3) is 6.45. The van der Waals surface area contributed by atoms with Gasteiger partial charge in [-0.2, -0.15) is 0 Å². The second-order valence-corrected chi connectivity index (χ2v) is 9.90. The van der Waals surface area contributed by atoms with Crippen molar-refractivity contribution in [2.75, 3.05) is 22.4 Å². The van der Waals surface area contributed by atoms with Gasteiger partial charge in [0.05, 0.1) is 29.2 Å². The van der Waals surface area contributed by atoms with Crippen LogP contribution in [0.4, 0.5) is 11.4 Å². The lowest BCUT2D eigenvalue weighted by Crippen LogP contribution is -2.37. The molecule has 3 aromatic carbocycles. The molecule has 0 aromatic heterocycles. The monoisotopic (exact) mass is 479 g/mol. The van der Waals surface area contributed by atoms with Gasteiger partial charge in [0.1, 0.15) is 6.54 Å². The van der Waals surface area contributed by atoms with Gasteiger partial charge in [0.2, 0.25) is 15.9 Å². The van der Waals surface area contributed by atoms with E-state index in [1.807, 2.05) is 56.3 Å². The van der Waals surface area contributed by atoms with Crippen LogP contribution in [0.15, 0.2) is 78.9 Å². The summed E-state index contributed by atoms with van der Waals surface area (Å²) in [5.41, 5.74) is 3.01. The summed E-state index contributed by atoms with van der Waals surface area (Å²) in [6.07, 6.45) is 1.88. The van der Waals surface area contributed by atoms with Gasteiger partial charge in [-0.15, -0.1) is 0 Å². The number of benzene rings is 3. The molecule has 0 bridgehead atoms. The molecule has 0 saturated carbocycles. The molecule has 178 valence electrons. The number of nitrogens with one attached hydrogen (secondary N) is 2. The van der Waals surface area contributed by atoms with Gasteiger partial charge in [0, 0.05) is 0 Å². The molecule has 3 aromatic rings. The number of para-hydroxylation sites is 1. The molecule has 2 N–H and O–H groups in total. The number of sulfonamides is 1. The molecule has 2 amide bonds. The zero-order valence-corrected chi connectivity index (χ0v) is 20.3. The predicted molar refractivity (Wildman–Crippen MR) is 135 cm³/mol. The number of carbonyl (C=O) groups excluding carboxylic acids is 2. The summed E-state index contributed by atoms with van der Waals surface area (Å²) < 4.78 is 25.8. The third-order valence-electron chi connectivity index (χ3n) is 5.41. The molecule has 0 unspecified atom stereocenters. The first-order valence-electron chi connectivity index (χ1n) is 11.0. The number of amides is 2. The zero-order chi connectivity index (χ0) is 24.7. The fourth-order valence-corrected chi connectivity index (χ4v) is 4.36. The first-order chi connectivity index (χ1) is 16.2. The first-order valence-corrected chi connectivity index (χ1v) is 12.8. The maximum absolute atomic E-state index is 12.9. The van der Waals surface area contributed by atoms with Gasteiger partial charge >= 0.3 is 0 Å². The number of carbonyl (C=O) groups is 2. The number of rotatable bonds is 9. The van der Waals surface area contributed by atoms with E-state index in [2.05, 4.69) is 10.6 Å². The molecular formula is C26H29N3O4S. The second-order valence-electron chi connectivity index (χ2n) is 7.99. The fraction of sp³-hybridized carbons (Fsp3) is 0.231.